The summed E-state index contributed by atoms with van der Waals surface area (Å²) in [5.74, 6) is 1.23. The molecule has 3 aromatic rings. The fraction of sp³-hybridized carbons (Fsp3) is 0.577. The number of ether oxygens (including phenoxy) is 1. The fourth-order valence-corrected chi connectivity index (χ4v) is 5.60. The SMILES string of the molecule is COc1cc(N(C)C2CCN(C)CC2)ccc1-c1nc2c(C)nn(C3CCCCC3)c2c(=O)[nH]1. The Labute approximate surface area is 200 Å². The van der Waals surface area contributed by atoms with Crippen molar-refractivity contribution in [2.45, 2.75) is 64.0 Å². The smallest absolute Gasteiger partial charge is 0.277 e. The third kappa shape index (κ3) is 4.19. The number of piperidine rings is 1. The molecule has 182 valence electrons. The molecule has 1 saturated heterocycles. The molecule has 2 aromatic heterocycles. The molecule has 0 unspecified atom stereocenters. The first-order chi connectivity index (χ1) is 16.5. The number of aromatic nitrogens is 4. The van der Waals surface area contributed by atoms with Gasteiger partial charge in [0.1, 0.15) is 17.1 Å². The summed E-state index contributed by atoms with van der Waals surface area (Å²) in [7, 11) is 6.00. The Hall–Kier alpha value is -2.87. The molecule has 1 aliphatic carbocycles. The van der Waals surface area contributed by atoms with Crippen molar-refractivity contribution in [1.82, 2.24) is 24.6 Å². The van der Waals surface area contributed by atoms with Crippen LogP contribution in [0.1, 0.15) is 56.7 Å². The van der Waals surface area contributed by atoms with Crippen molar-refractivity contribution in [1.29, 1.82) is 0 Å². The number of methoxy groups -OCH3 is 1. The molecule has 0 spiro atoms. The van der Waals surface area contributed by atoms with Crippen molar-refractivity contribution in [3.63, 3.8) is 0 Å². The third-order valence-electron chi connectivity index (χ3n) is 7.73. The zero-order chi connectivity index (χ0) is 23.8. The Morgan fingerprint density at radius 1 is 1.12 bits per heavy atom. The van der Waals surface area contributed by atoms with Gasteiger partial charge in [0.2, 0.25) is 0 Å². The van der Waals surface area contributed by atoms with Gasteiger partial charge in [-0.05, 0) is 64.9 Å². The number of fused-ring (bicyclic) bond motifs is 1. The second-order valence-corrected chi connectivity index (χ2v) is 9.96. The Bertz CT molecular complexity index is 1220. The molecule has 0 radical (unpaired) electrons. The fourth-order valence-electron chi connectivity index (χ4n) is 5.60. The molecule has 1 N–H and O–H groups in total. The highest BCUT2D eigenvalue weighted by Crippen LogP contribution is 2.34. The highest BCUT2D eigenvalue weighted by molar-refractivity contribution is 5.80. The molecule has 2 fully saturated rings. The number of nitrogens with one attached hydrogen (secondary N) is 1. The van der Waals surface area contributed by atoms with Gasteiger partial charge < -0.3 is 19.5 Å². The van der Waals surface area contributed by atoms with E-state index in [0.29, 0.717) is 28.6 Å². The predicted octanol–water partition coefficient (Wildman–Crippen LogP) is 4.14. The number of aromatic amines is 1. The van der Waals surface area contributed by atoms with Crippen LogP contribution in [-0.4, -0.2) is 65.0 Å². The van der Waals surface area contributed by atoms with E-state index in [9.17, 15) is 4.79 Å². The normalized spacial score (nSPS) is 18.5. The van der Waals surface area contributed by atoms with Crippen molar-refractivity contribution < 1.29 is 4.74 Å². The zero-order valence-corrected chi connectivity index (χ0v) is 20.8. The van der Waals surface area contributed by atoms with Gasteiger partial charge in [-0.1, -0.05) is 19.3 Å². The van der Waals surface area contributed by atoms with Gasteiger partial charge in [0.05, 0.1) is 24.4 Å². The summed E-state index contributed by atoms with van der Waals surface area (Å²) < 4.78 is 7.69. The average molecular weight is 465 g/mol. The van der Waals surface area contributed by atoms with Gasteiger partial charge in [0.15, 0.2) is 5.52 Å². The van der Waals surface area contributed by atoms with Gasteiger partial charge in [-0.3, -0.25) is 9.48 Å². The molecule has 2 aliphatic rings. The second kappa shape index (κ2) is 9.41. The summed E-state index contributed by atoms with van der Waals surface area (Å²) in [5.41, 5.74) is 3.82. The van der Waals surface area contributed by atoms with E-state index in [1.54, 1.807) is 7.11 Å². The van der Waals surface area contributed by atoms with Crippen molar-refractivity contribution in [3.05, 3.63) is 34.2 Å². The van der Waals surface area contributed by atoms with E-state index < -0.39 is 0 Å². The molecule has 5 rings (SSSR count). The lowest BCUT2D eigenvalue weighted by atomic mass is 9.95. The first-order valence-electron chi connectivity index (χ1n) is 12.5. The van der Waals surface area contributed by atoms with Crippen LogP contribution in [0, 0.1) is 6.92 Å². The van der Waals surface area contributed by atoms with Crippen LogP contribution in [0.15, 0.2) is 23.0 Å². The van der Waals surface area contributed by atoms with Crippen LogP contribution in [-0.2, 0) is 0 Å². The van der Waals surface area contributed by atoms with Crippen molar-refractivity contribution in [2.24, 2.45) is 0 Å². The molecule has 34 heavy (non-hydrogen) atoms. The van der Waals surface area contributed by atoms with E-state index in [4.69, 9.17) is 14.8 Å². The molecule has 8 heteroatoms. The summed E-state index contributed by atoms with van der Waals surface area (Å²) in [4.78, 5) is 25.9. The van der Waals surface area contributed by atoms with Crippen molar-refractivity contribution >= 4 is 16.7 Å². The van der Waals surface area contributed by atoms with Crippen molar-refractivity contribution in [3.8, 4) is 17.1 Å². The predicted molar refractivity (Wildman–Crippen MR) is 136 cm³/mol. The number of anilines is 1. The van der Waals surface area contributed by atoms with Gasteiger partial charge in [-0.15, -0.1) is 0 Å². The standard InChI is InChI=1S/C26H36N6O2/c1-17-23-24(32(29-17)19-8-6-5-7-9-19)26(33)28-25(27-23)21-11-10-20(16-22(21)34-4)31(3)18-12-14-30(2)15-13-18/h10-11,16,18-19H,5-9,12-15H2,1-4H3,(H,27,28,33). The first kappa shape index (κ1) is 22.9. The topological polar surface area (TPSA) is 79.3 Å². The number of H-pyrrole nitrogens is 1. The van der Waals surface area contributed by atoms with Gasteiger partial charge in [0, 0.05) is 24.8 Å². The van der Waals surface area contributed by atoms with Crippen LogP contribution in [0.2, 0.25) is 0 Å². The number of likely N-dealkylation sites (tertiary alicyclic amines) is 1. The summed E-state index contributed by atoms with van der Waals surface area (Å²) in [6.07, 6.45) is 8.05. The van der Waals surface area contributed by atoms with Gasteiger partial charge in [0.25, 0.3) is 5.56 Å². The van der Waals surface area contributed by atoms with E-state index in [1.165, 1.54) is 19.3 Å². The van der Waals surface area contributed by atoms with E-state index >= 15 is 0 Å². The molecule has 1 aliphatic heterocycles. The van der Waals surface area contributed by atoms with Gasteiger partial charge in [-0.2, -0.15) is 5.10 Å². The minimum atomic E-state index is -0.138. The van der Waals surface area contributed by atoms with Crippen LogP contribution in [0.3, 0.4) is 0 Å². The highest BCUT2D eigenvalue weighted by Gasteiger charge is 2.24. The molecule has 3 heterocycles. The zero-order valence-electron chi connectivity index (χ0n) is 20.8. The Kier molecular flexibility index (Phi) is 6.34. The van der Waals surface area contributed by atoms with Crippen LogP contribution >= 0.6 is 0 Å². The lowest BCUT2D eigenvalue weighted by Gasteiger charge is -2.36. The summed E-state index contributed by atoms with van der Waals surface area (Å²) in [6, 6.07) is 6.94. The van der Waals surface area contributed by atoms with E-state index in [-0.39, 0.29) is 11.6 Å². The molecule has 0 atom stereocenters. The summed E-state index contributed by atoms with van der Waals surface area (Å²) >= 11 is 0. The summed E-state index contributed by atoms with van der Waals surface area (Å²) in [6.45, 7) is 4.17. The van der Waals surface area contributed by atoms with Crippen LogP contribution < -0.4 is 15.2 Å². The first-order valence-corrected chi connectivity index (χ1v) is 12.5. The number of hydrogen-bond donors (Lipinski definition) is 1. The Morgan fingerprint density at radius 3 is 2.56 bits per heavy atom. The van der Waals surface area contributed by atoms with Gasteiger partial charge in [-0.25, -0.2) is 4.98 Å². The molecular weight excluding hydrogens is 428 g/mol. The quantitative estimate of drug-likeness (QED) is 0.611. The monoisotopic (exact) mass is 464 g/mol. The van der Waals surface area contributed by atoms with Crippen LogP contribution in [0.25, 0.3) is 22.4 Å². The second-order valence-electron chi connectivity index (χ2n) is 9.96. The maximum atomic E-state index is 13.2. The average Bonchev–Trinajstić information content (AvgIpc) is 3.21. The van der Waals surface area contributed by atoms with E-state index in [2.05, 4.69) is 41.0 Å². The molecule has 1 saturated carbocycles. The maximum absolute atomic E-state index is 13.2. The molecular formula is C26H36N6O2. The largest absolute Gasteiger partial charge is 0.496 e. The molecule has 0 bridgehead atoms. The number of rotatable bonds is 5. The lowest BCUT2D eigenvalue weighted by molar-refractivity contribution is 0.253. The van der Waals surface area contributed by atoms with Gasteiger partial charge >= 0.3 is 0 Å². The molecule has 8 nitrogen and oxygen atoms in total. The molecule has 1 aromatic carbocycles. The minimum absolute atomic E-state index is 0.138. The third-order valence-corrected chi connectivity index (χ3v) is 7.73. The van der Waals surface area contributed by atoms with Crippen LogP contribution in [0.5, 0.6) is 5.75 Å². The maximum Gasteiger partial charge on any atom is 0.277 e. The van der Waals surface area contributed by atoms with E-state index in [0.717, 1.165) is 55.7 Å². The minimum Gasteiger partial charge on any atom is -0.496 e. The number of aryl methyl sites for hydroxylation is 1. The molecule has 0 amide bonds. The van der Waals surface area contributed by atoms with Crippen molar-refractivity contribution in [2.75, 3.05) is 39.2 Å². The number of hydrogen-bond acceptors (Lipinski definition) is 6. The Morgan fingerprint density at radius 2 is 1.85 bits per heavy atom. The number of benzene rings is 1. The lowest BCUT2D eigenvalue weighted by Crippen LogP contribution is -2.41. The Balaban J connectivity index is 1.49. The number of nitrogens with zero attached hydrogens (tertiary/aromatic N) is 5. The van der Waals surface area contributed by atoms with Crippen LogP contribution in [0.4, 0.5) is 5.69 Å². The summed E-state index contributed by atoms with van der Waals surface area (Å²) in [5, 5.41) is 4.74. The van der Waals surface area contributed by atoms with E-state index in [1.807, 2.05) is 17.7 Å². The highest BCUT2D eigenvalue weighted by atomic mass is 16.5.